The molecule has 2 heterocycles. The number of thiophene rings is 1. The fourth-order valence-corrected chi connectivity index (χ4v) is 4.00. The maximum Gasteiger partial charge on any atom is 0.230 e. The Morgan fingerprint density at radius 1 is 1.38 bits per heavy atom. The summed E-state index contributed by atoms with van der Waals surface area (Å²) >= 11 is 1.58. The van der Waals surface area contributed by atoms with Crippen LogP contribution in [0, 0.1) is 5.92 Å². The first kappa shape index (κ1) is 18.6. The molecular weight excluding hydrogens is 344 g/mol. The number of benzene rings is 1. The highest BCUT2D eigenvalue weighted by Gasteiger charge is 2.30. The summed E-state index contributed by atoms with van der Waals surface area (Å²) < 4.78 is 0. The summed E-state index contributed by atoms with van der Waals surface area (Å²) in [7, 11) is 5.99. The van der Waals surface area contributed by atoms with E-state index in [1.54, 1.807) is 16.2 Å². The number of amidine groups is 1. The number of carbonyl (C=O) groups is 1. The van der Waals surface area contributed by atoms with Gasteiger partial charge in [0.25, 0.3) is 0 Å². The normalized spacial score (nSPS) is 17.7. The molecule has 0 radical (unpaired) electrons. The van der Waals surface area contributed by atoms with Crippen LogP contribution >= 0.6 is 11.3 Å². The SMILES string of the molecule is CN(C)CCCC1Cc2cc(N=C(N)c3cccs3)ccc2N(C)C1=O. The van der Waals surface area contributed by atoms with E-state index in [1.165, 1.54) is 5.56 Å². The van der Waals surface area contributed by atoms with Gasteiger partial charge in [-0.2, -0.15) is 0 Å². The molecule has 0 fully saturated rings. The van der Waals surface area contributed by atoms with Crippen LogP contribution in [0.4, 0.5) is 11.4 Å². The van der Waals surface area contributed by atoms with Crippen LogP contribution in [0.1, 0.15) is 23.3 Å². The Morgan fingerprint density at radius 2 is 2.19 bits per heavy atom. The number of aliphatic imine (C=N–C) groups is 1. The zero-order chi connectivity index (χ0) is 18.7. The molecule has 1 atom stereocenters. The second-order valence-electron chi connectivity index (χ2n) is 7.03. The van der Waals surface area contributed by atoms with Crippen LogP contribution in [-0.4, -0.2) is 44.3 Å². The van der Waals surface area contributed by atoms with E-state index in [1.807, 2.05) is 36.7 Å². The zero-order valence-corrected chi connectivity index (χ0v) is 16.4. The maximum atomic E-state index is 12.6. The van der Waals surface area contributed by atoms with Gasteiger partial charge in [-0.15, -0.1) is 11.3 Å². The fraction of sp³-hybridized carbons (Fsp3) is 0.400. The Hall–Kier alpha value is -2.18. The van der Waals surface area contributed by atoms with E-state index in [2.05, 4.69) is 30.1 Å². The van der Waals surface area contributed by atoms with E-state index in [0.717, 1.165) is 42.1 Å². The molecule has 3 rings (SSSR count). The molecule has 1 aliphatic heterocycles. The number of carbonyl (C=O) groups excluding carboxylic acids is 1. The van der Waals surface area contributed by atoms with Gasteiger partial charge in [0.05, 0.1) is 10.6 Å². The standard InChI is InChI=1S/C20H26N4OS/c1-23(2)10-4-6-14-12-15-13-16(8-9-17(15)24(3)20(14)25)22-19(21)18-7-5-11-26-18/h5,7-9,11,13-14H,4,6,10,12H2,1-3H3,(H2,21,22). The first-order chi connectivity index (χ1) is 12.5. The summed E-state index contributed by atoms with van der Waals surface area (Å²) in [5, 5.41) is 1.99. The number of anilines is 1. The number of fused-ring (bicyclic) bond motifs is 1. The number of nitrogens with two attached hydrogens (primary N) is 1. The van der Waals surface area contributed by atoms with Gasteiger partial charge in [-0.05, 0) is 75.1 Å². The third-order valence-corrected chi connectivity index (χ3v) is 5.64. The van der Waals surface area contributed by atoms with Crippen LogP contribution in [-0.2, 0) is 11.2 Å². The van der Waals surface area contributed by atoms with Crippen molar-refractivity contribution in [2.75, 3.05) is 32.6 Å². The Labute approximate surface area is 159 Å². The second kappa shape index (κ2) is 8.01. The topological polar surface area (TPSA) is 61.9 Å². The third kappa shape index (κ3) is 4.14. The van der Waals surface area contributed by atoms with Crippen molar-refractivity contribution < 1.29 is 4.79 Å². The highest BCUT2D eigenvalue weighted by Crippen LogP contribution is 2.34. The zero-order valence-electron chi connectivity index (χ0n) is 15.6. The van der Waals surface area contributed by atoms with Crippen molar-refractivity contribution in [2.45, 2.75) is 19.3 Å². The van der Waals surface area contributed by atoms with Crippen molar-refractivity contribution in [3.63, 3.8) is 0 Å². The van der Waals surface area contributed by atoms with Gasteiger partial charge in [-0.25, -0.2) is 4.99 Å². The largest absolute Gasteiger partial charge is 0.383 e. The third-order valence-electron chi connectivity index (χ3n) is 4.75. The Balaban J connectivity index is 1.80. The van der Waals surface area contributed by atoms with Crippen LogP contribution in [0.15, 0.2) is 40.7 Å². The second-order valence-corrected chi connectivity index (χ2v) is 7.98. The summed E-state index contributed by atoms with van der Waals surface area (Å²) in [6.07, 6.45) is 2.70. The lowest BCUT2D eigenvalue weighted by molar-refractivity contribution is -0.122. The molecule has 1 aromatic carbocycles. The number of amides is 1. The first-order valence-corrected chi connectivity index (χ1v) is 9.77. The van der Waals surface area contributed by atoms with Gasteiger partial charge in [-0.1, -0.05) is 6.07 Å². The number of hydrogen-bond acceptors (Lipinski definition) is 4. The average molecular weight is 371 g/mol. The van der Waals surface area contributed by atoms with Crippen molar-refractivity contribution in [3.8, 4) is 0 Å². The van der Waals surface area contributed by atoms with Gasteiger partial charge in [0.2, 0.25) is 5.91 Å². The van der Waals surface area contributed by atoms with Crippen molar-refractivity contribution in [1.29, 1.82) is 0 Å². The molecule has 1 unspecified atom stereocenters. The summed E-state index contributed by atoms with van der Waals surface area (Å²) in [5.74, 6) is 0.787. The quantitative estimate of drug-likeness (QED) is 0.627. The van der Waals surface area contributed by atoms with Crippen molar-refractivity contribution in [2.24, 2.45) is 16.6 Å². The van der Waals surface area contributed by atoms with Crippen LogP contribution < -0.4 is 10.6 Å². The van der Waals surface area contributed by atoms with Crippen LogP contribution in [0.2, 0.25) is 0 Å². The Kier molecular flexibility index (Phi) is 5.74. The number of rotatable bonds is 6. The van der Waals surface area contributed by atoms with Gasteiger partial charge < -0.3 is 15.5 Å². The molecule has 1 aromatic heterocycles. The molecule has 0 bridgehead atoms. The van der Waals surface area contributed by atoms with Gasteiger partial charge in [0.15, 0.2) is 0 Å². The molecule has 0 saturated carbocycles. The minimum Gasteiger partial charge on any atom is -0.383 e. The lowest BCUT2D eigenvalue weighted by Crippen LogP contribution is -2.38. The van der Waals surface area contributed by atoms with E-state index >= 15 is 0 Å². The van der Waals surface area contributed by atoms with E-state index in [-0.39, 0.29) is 11.8 Å². The molecule has 6 heteroatoms. The van der Waals surface area contributed by atoms with Gasteiger partial charge in [-0.3, -0.25) is 4.79 Å². The van der Waals surface area contributed by atoms with Crippen molar-refractivity contribution in [1.82, 2.24) is 4.90 Å². The molecular formula is C20H26N4OS. The van der Waals surface area contributed by atoms with Crippen molar-refractivity contribution in [3.05, 3.63) is 46.2 Å². The fourth-order valence-electron chi connectivity index (χ4n) is 3.38. The molecule has 5 nitrogen and oxygen atoms in total. The number of nitrogens with zero attached hydrogens (tertiary/aromatic N) is 3. The molecule has 26 heavy (non-hydrogen) atoms. The summed E-state index contributed by atoms with van der Waals surface area (Å²) in [5.41, 5.74) is 9.09. The minimum atomic E-state index is 0.0429. The maximum absolute atomic E-state index is 12.6. The molecule has 2 aromatic rings. The molecule has 0 spiro atoms. The van der Waals surface area contributed by atoms with E-state index in [4.69, 9.17) is 5.73 Å². The van der Waals surface area contributed by atoms with Gasteiger partial charge >= 0.3 is 0 Å². The summed E-state index contributed by atoms with van der Waals surface area (Å²) in [4.78, 5) is 22.1. The number of hydrogen-bond donors (Lipinski definition) is 1. The lowest BCUT2D eigenvalue weighted by atomic mass is 9.88. The van der Waals surface area contributed by atoms with E-state index < -0.39 is 0 Å². The summed E-state index contributed by atoms with van der Waals surface area (Å²) in [6.45, 7) is 1.00. The monoisotopic (exact) mass is 370 g/mol. The smallest absolute Gasteiger partial charge is 0.230 e. The minimum absolute atomic E-state index is 0.0429. The molecule has 138 valence electrons. The Morgan fingerprint density at radius 3 is 2.88 bits per heavy atom. The van der Waals surface area contributed by atoms with Crippen molar-refractivity contribution >= 4 is 34.5 Å². The van der Waals surface area contributed by atoms with Crippen LogP contribution in [0.25, 0.3) is 0 Å². The van der Waals surface area contributed by atoms with E-state index in [9.17, 15) is 4.79 Å². The predicted molar refractivity (Wildman–Crippen MR) is 110 cm³/mol. The first-order valence-electron chi connectivity index (χ1n) is 8.89. The molecule has 1 aliphatic rings. The molecule has 0 aliphatic carbocycles. The highest BCUT2D eigenvalue weighted by molar-refractivity contribution is 7.12. The van der Waals surface area contributed by atoms with Gasteiger partial charge in [0, 0.05) is 18.7 Å². The summed E-state index contributed by atoms with van der Waals surface area (Å²) in [6, 6.07) is 9.90. The Bertz CT molecular complexity index is 798. The molecule has 0 saturated heterocycles. The molecule has 2 N–H and O–H groups in total. The van der Waals surface area contributed by atoms with E-state index in [0.29, 0.717) is 5.84 Å². The predicted octanol–water partition coefficient (Wildman–Crippen LogP) is 3.26. The van der Waals surface area contributed by atoms with Crippen LogP contribution in [0.5, 0.6) is 0 Å². The van der Waals surface area contributed by atoms with Gasteiger partial charge in [0.1, 0.15) is 5.84 Å². The van der Waals surface area contributed by atoms with Crippen LogP contribution in [0.3, 0.4) is 0 Å². The lowest BCUT2D eigenvalue weighted by Gasteiger charge is -2.32. The highest BCUT2D eigenvalue weighted by atomic mass is 32.1. The molecule has 1 amide bonds. The average Bonchev–Trinajstić information content (AvgIpc) is 3.13.